The van der Waals surface area contributed by atoms with Crippen molar-refractivity contribution in [1.29, 1.82) is 5.26 Å². The molecule has 124 valence electrons. The predicted octanol–water partition coefficient (Wildman–Crippen LogP) is 5.04. The number of hydrogen-bond acceptors (Lipinski definition) is 5. The highest BCUT2D eigenvalue weighted by molar-refractivity contribution is 8.00. The molecule has 23 heavy (non-hydrogen) atoms. The topological polar surface area (TPSA) is 44.1 Å². The van der Waals surface area contributed by atoms with Crippen molar-refractivity contribution in [3.05, 3.63) is 27.8 Å². The summed E-state index contributed by atoms with van der Waals surface area (Å²) in [7, 11) is 3.84. The SMILES string of the molecule is CSc1sc(C(=O)/C(C)=C/N(C)C)c(C2CCCCC2)c1C#N. The lowest BCUT2D eigenvalue weighted by Gasteiger charge is -2.22. The van der Waals surface area contributed by atoms with Crippen LogP contribution in [0.4, 0.5) is 0 Å². The molecule has 0 aliphatic heterocycles. The van der Waals surface area contributed by atoms with Gasteiger partial charge in [0.2, 0.25) is 0 Å². The molecule has 0 unspecified atom stereocenters. The Morgan fingerprint density at radius 3 is 2.52 bits per heavy atom. The molecule has 1 heterocycles. The molecule has 0 atom stereocenters. The van der Waals surface area contributed by atoms with E-state index in [0.717, 1.165) is 38.6 Å². The predicted molar refractivity (Wildman–Crippen MR) is 98.4 cm³/mol. The second-order valence-corrected chi connectivity index (χ2v) is 8.36. The average molecular weight is 349 g/mol. The molecule has 2 rings (SSSR count). The third-order valence-electron chi connectivity index (χ3n) is 4.24. The van der Waals surface area contributed by atoms with Crippen LogP contribution in [0.1, 0.15) is 65.7 Å². The van der Waals surface area contributed by atoms with Gasteiger partial charge in [0.25, 0.3) is 0 Å². The van der Waals surface area contributed by atoms with Gasteiger partial charge in [-0.2, -0.15) is 5.26 Å². The first-order valence-corrected chi connectivity index (χ1v) is 10.0. The molecular weight excluding hydrogens is 324 g/mol. The molecule has 3 nitrogen and oxygen atoms in total. The molecular formula is C18H24N2OS2. The first-order valence-electron chi connectivity index (χ1n) is 7.99. The zero-order valence-corrected chi connectivity index (χ0v) is 15.9. The van der Waals surface area contributed by atoms with Gasteiger partial charge in [0, 0.05) is 25.9 Å². The maximum absolute atomic E-state index is 12.9. The number of nitrogens with zero attached hydrogens (tertiary/aromatic N) is 2. The fraction of sp³-hybridized carbons (Fsp3) is 0.556. The molecule has 1 fully saturated rings. The third kappa shape index (κ3) is 3.99. The van der Waals surface area contributed by atoms with Crippen LogP contribution >= 0.6 is 23.1 Å². The minimum Gasteiger partial charge on any atom is -0.383 e. The molecule has 1 aromatic rings. The Labute approximate surface area is 147 Å². The van der Waals surface area contributed by atoms with E-state index in [4.69, 9.17) is 0 Å². The summed E-state index contributed by atoms with van der Waals surface area (Å²) >= 11 is 3.08. The Bertz CT molecular complexity index is 647. The molecule has 1 aromatic heterocycles. The van der Waals surface area contributed by atoms with Gasteiger partial charge >= 0.3 is 0 Å². The molecule has 1 aliphatic rings. The summed E-state index contributed by atoms with van der Waals surface area (Å²) in [6.45, 7) is 1.86. The molecule has 0 spiro atoms. The van der Waals surface area contributed by atoms with Gasteiger partial charge in [-0.1, -0.05) is 19.3 Å². The third-order valence-corrected chi connectivity index (χ3v) is 6.56. The Kier molecular flexibility index (Phi) is 6.32. The van der Waals surface area contributed by atoms with Gasteiger partial charge in [-0.05, 0) is 37.5 Å². The Morgan fingerprint density at radius 1 is 1.35 bits per heavy atom. The van der Waals surface area contributed by atoms with E-state index in [9.17, 15) is 10.1 Å². The highest BCUT2D eigenvalue weighted by atomic mass is 32.2. The number of thioether (sulfide) groups is 1. The number of allylic oxidation sites excluding steroid dienone is 1. The zero-order chi connectivity index (χ0) is 17.0. The van der Waals surface area contributed by atoms with Crippen molar-refractivity contribution in [3.63, 3.8) is 0 Å². The second kappa shape index (κ2) is 8.03. The Balaban J connectivity index is 2.52. The lowest BCUT2D eigenvalue weighted by atomic mass is 9.82. The number of Topliss-reactive ketones (excluding diaryl/α,β-unsaturated/α-hetero) is 1. The van der Waals surface area contributed by atoms with Gasteiger partial charge in [0.05, 0.1) is 14.6 Å². The van der Waals surface area contributed by atoms with Crippen LogP contribution in [-0.4, -0.2) is 31.0 Å². The number of rotatable bonds is 5. The summed E-state index contributed by atoms with van der Waals surface area (Å²) in [4.78, 5) is 15.6. The van der Waals surface area contributed by atoms with E-state index in [1.165, 1.54) is 30.6 Å². The van der Waals surface area contributed by atoms with E-state index in [2.05, 4.69) is 6.07 Å². The summed E-state index contributed by atoms with van der Waals surface area (Å²) in [5.74, 6) is 0.433. The number of carbonyl (C=O) groups excluding carboxylic acids is 1. The zero-order valence-electron chi connectivity index (χ0n) is 14.3. The Hall–Kier alpha value is -1.25. The van der Waals surface area contributed by atoms with Crippen LogP contribution in [0.25, 0.3) is 0 Å². The van der Waals surface area contributed by atoms with E-state index in [1.807, 2.05) is 38.4 Å². The molecule has 1 aliphatic carbocycles. The monoisotopic (exact) mass is 348 g/mol. The fourth-order valence-corrected chi connectivity index (χ4v) is 5.26. The van der Waals surface area contributed by atoms with E-state index < -0.39 is 0 Å². The second-order valence-electron chi connectivity index (χ2n) is 6.26. The molecule has 0 bridgehead atoms. The summed E-state index contributed by atoms with van der Waals surface area (Å²) in [5, 5.41) is 9.65. The van der Waals surface area contributed by atoms with Crippen molar-refractivity contribution in [1.82, 2.24) is 4.90 Å². The van der Waals surface area contributed by atoms with Crippen LogP contribution in [0.15, 0.2) is 16.0 Å². The van der Waals surface area contributed by atoms with E-state index in [1.54, 1.807) is 11.8 Å². The van der Waals surface area contributed by atoms with Crippen molar-refractivity contribution >= 4 is 28.9 Å². The van der Waals surface area contributed by atoms with E-state index in [0.29, 0.717) is 5.92 Å². The number of hydrogen-bond donors (Lipinski definition) is 0. The van der Waals surface area contributed by atoms with Crippen LogP contribution in [0, 0.1) is 11.3 Å². The maximum Gasteiger partial charge on any atom is 0.200 e. The summed E-state index contributed by atoms with van der Waals surface area (Å²) in [5.41, 5.74) is 2.50. The molecule has 0 amide bonds. The van der Waals surface area contributed by atoms with Gasteiger partial charge in [-0.3, -0.25) is 4.79 Å². The number of thiophene rings is 1. The first kappa shape index (κ1) is 18.1. The number of carbonyl (C=O) groups is 1. The van der Waals surface area contributed by atoms with Crippen molar-refractivity contribution in [3.8, 4) is 6.07 Å². The molecule has 1 saturated carbocycles. The van der Waals surface area contributed by atoms with Gasteiger partial charge in [0.1, 0.15) is 6.07 Å². The first-order chi connectivity index (χ1) is 11.0. The van der Waals surface area contributed by atoms with Gasteiger partial charge in [-0.25, -0.2) is 0 Å². The van der Waals surface area contributed by atoms with Crippen LogP contribution in [-0.2, 0) is 0 Å². The standard InChI is InChI=1S/C18H24N2OS2/c1-12(11-20(2)3)16(21)17-15(13-8-6-5-7-9-13)14(10-19)18(22-4)23-17/h11,13H,5-9H2,1-4H3/b12-11+. The lowest BCUT2D eigenvalue weighted by molar-refractivity contribution is 0.103. The van der Waals surface area contributed by atoms with Crippen LogP contribution in [0.3, 0.4) is 0 Å². The van der Waals surface area contributed by atoms with Gasteiger partial charge in [-0.15, -0.1) is 23.1 Å². The summed E-state index contributed by atoms with van der Waals surface area (Å²) in [6.07, 6.45) is 9.68. The van der Waals surface area contributed by atoms with Gasteiger partial charge < -0.3 is 4.90 Å². The minimum atomic E-state index is 0.0704. The Morgan fingerprint density at radius 2 is 2.00 bits per heavy atom. The molecule has 0 saturated heterocycles. The largest absolute Gasteiger partial charge is 0.383 e. The van der Waals surface area contributed by atoms with Gasteiger partial charge in [0.15, 0.2) is 5.78 Å². The minimum absolute atomic E-state index is 0.0704. The lowest BCUT2D eigenvalue weighted by Crippen LogP contribution is -2.12. The van der Waals surface area contributed by atoms with Crippen molar-refractivity contribution < 1.29 is 4.79 Å². The maximum atomic E-state index is 12.9. The molecule has 0 aromatic carbocycles. The quantitative estimate of drug-likeness (QED) is 0.425. The normalized spacial score (nSPS) is 16.2. The molecule has 0 N–H and O–H groups in total. The summed E-state index contributed by atoms with van der Waals surface area (Å²) in [6, 6.07) is 2.37. The van der Waals surface area contributed by atoms with Crippen molar-refractivity contribution in [2.24, 2.45) is 0 Å². The van der Waals surface area contributed by atoms with E-state index >= 15 is 0 Å². The van der Waals surface area contributed by atoms with E-state index in [-0.39, 0.29) is 5.78 Å². The highest BCUT2D eigenvalue weighted by Gasteiger charge is 2.29. The summed E-state index contributed by atoms with van der Waals surface area (Å²) < 4.78 is 0.981. The smallest absolute Gasteiger partial charge is 0.200 e. The fourth-order valence-electron chi connectivity index (χ4n) is 3.25. The van der Waals surface area contributed by atoms with Crippen molar-refractivity contribution in [2.45, 2.75) is 49.2 Å². The molecule has 0 radical (unpaired) electrons. The number of nitriles is 1. The highest BCUT2D eigenvalue weighted by Crippen LogP contribution is 2.44. The van der Waals surface area contributed by atoms with Crippen LogP contribution in [0.2, 0.25) is 0 Å². The molecule has 5 heteroatoms. The number of ketones is 1. The van der Waals surface area contributed by atoms with Crippen molar-refractivity contribution in [2.75, 3.05) is 20.4 Å². The average Bonchev–Trinajstić information content (AvgIpc) is 2.92. The van der Waals surface area contributed by atoms with Crippen LogP contribution < -0.4 is 0 Å². The van der Waals surface area contributed by atoms with Crippen LogP contribution in [0.5, 0.6) is 0 Å².